The molecule has 0 amide bonds. The van der Waals surface area contributed by atoms with E-state index in [9.17, 15) is 34.4 Å². The monoisotopic (exact) mass is 829 g/mol. The van der Waals surface area contributed by atoms with E-state index in [0.717, 1.165) is 57.8 Å². The Hall–Kier alpha value is -2.41. The smallest absolute Gasteiger partial charge is 0.462 e. The molecular formula is C44H77O12P. The van der Waals surface area contributed by atoms with Crippen molar-refractivity contribution in [1.29, 1.82) is 0 Å². The van der Waals surface area contributed by atoms with Crippen LogP contribution in [0.15, 0.2) is 60.8 Å². The van der Waals surface area contributed by atoms with Crippen LogP contribution < -0.4 is 0 Å². The lowest BCUT2D eigenvalue weighted by molar-refractivity contribution is -0.161. The maximum absolute atomic E-state index is 12.6. The second-order valence-electron chi connectivity index (χ2n) is 14.3. The van der Waals surface area contributed by atoms with Crippen molar-refractivity contribution in [3.05, 3.63) is 60.8 Å². The molecule has 0 aliphatic rings. The first kappa shape index (κ1) is 54.6. The summed E-state index contributed by atoms with van der Waals surface area (Å²) in [7, 11) is -4.70. The summed E-state index contributed by atoms with van der Waals surface area (Å²) in [5, 5.41) is 39.0. The molecule has 0 aromatic rings. The average Bonchev–Trinajstić information content (AvgIpc) is 3.19. The molecule has 0 bridgehead atoms. The fourth-order valence-electron chi connectivity index (χ4n) is 5.43. The van der Waals surface area contributed by atoms with Crippen LogP contribution in [-0.4, -0.2) is 88.1 Å². The van der Waals surface area contributed by atoms with E-state index in [0.29, 0.717) is 12.8 Å². The molecule has 0 fully saturated rings. The van der Waals surface area contributed by atoms with Crippen molar-refractivity contribution in [3.8, 4) is 0 Å². The van der Waals surface area contributed by atoms with Crippen LogP contribution in [-0.2, 0) is 32.7 Å². The van der Waals surface area contributed by atoms with E-state index in [1.54, 1.807) is 6.08 Å². The topological polar surface area (TPSA) is 189 Å². The van der Waals surface area contributed by atoms with Crippen molar-refractivity contribution in [2.75, 3.05) is 26.4 Å². The van der Waals surface area contributed by atoms with E-state index < -0.39 is 70.6 Å². The van der Waals surface area contributed by atoms with Crippen LogP contribution in [0.3, 0.4) is 0 Å². The fourth-order valence-corrected chi connectivity index (χ4v) is 6.22. The largest absolute Gasteiger partial charge is 0.472 e. The first-order valence-electron chi connectivity index (χ1n) is 21.4. The van der Waals surface area contributed by atoms with Gasteiger partial charge in [-0.05, 0) is 77.0 Å². The van der Waals surface area contributed by atoms with Crippen molar-refractivity contribution in [1.82, 2.24) is 0 Å². The van der Waals surface area contributed by atoms with Crippen LogP contribution in [0.25, 0.3) is 0 Å². The number of carbonyl (C=O) groups excluding carboxylic acids is 2. The Morgan fingerprint density at radius 3 is 1.72 bits per heavy atom. The Morgan fingerprint density at radius 1 is 0.596 bits per heavy atom. The first-order valence-corrected chi connectivity index (χ1v) is 22.9. The number of hydrogen-bond acceptors (Lipinski definition) is 11. The molecule has 0 aliphatic carbocycles. The molecule has 13 heteroatoms. The van der Waals surface area contributed by atoms with Crippen molar-refractivity contribution in [2.24, 2.45) is 0 Å². The van der Waals surface area contributed by atoms with Crippen LogP contribution in [0, 0.1) is 0 Å². The normalized spacial score (nSPS) is 15.6. The van der Waals surface area contributed by atoms with E-state index in [1.807, 2.05) is 12.2 Å². The highest BCUT2D eigenvalue weighted by molar-refractivity contribution is 7.47. The van der Waals surface area contributed by atoms with Crippen molar-refractivity contribution < 1.29 is 58.0 Å². The number of rotatable bonds is 39. The van der Waals surface area contributed by atoms with Gasteiger partial charge in [0, 0.05) is 12.8 Å². The van der Waals surface area contributed by atoms with Crippen LogP contribution >= 0.6 is 7.82 Å². The number of ether oxygens (including phenoxy) is 2. The summed E-state index contributed by atoms with van der Waals surface area (Å²) < 4.78 is 32.5. The first-order chi connectivity index (χ1) is 27.5. The second kappa shape index (κ2) is 39.1. The lowest BCUT2D eigenvalue weighted by atomic mass is 10.0. The molecule has 0 saturated carbocycles. The van der Waals surface area contributed by atoms with E-state index >= 15 is 0 Å². The molecule has 330 valence electrons. The molecule has 0 rings (SSSR count). The number of carbonyl (C=O) groups is 2. The van der Waals surface area contributed by atoms with Gasteiger partial charge >= 0.3 is 19.8 Å². The Kier molecular flexibility index (Phi) is 37.4. The highest BCUT2D eigenvalue weighted by Gasteiger charge is 2.27. The number of phosphoric ester groups is 1. The third-order valence-electron chi connectivity index (χ3n) is 8.86. The molecule has 0 heterocycles. The lowest BCUT2D eigenvalue weighted by Gasteiger charge is -2.20. The molecule has 1 unspecified atom stereocenters. The van der Waals surface area contributed by atoms with Crippen molar-refractivity contribution >= 4 is 19.8 Å². The molecule has 0 radical (unpaired) electrons. The highest BCUT2D eigenvalue weighted by atomic mass is 31.2. The zero-order valence-electron chi connectivity index (χ0n) is 35.0. The molecule has 0 aromatic carbocycles. The number of aliphatic hydroxyl groups is 4. The third kappa shape index (κ3) is 37.6. The Morgan fingerprint density at radius 2 is 1.12 bits per heavy atom. The maximum atomic E-state index is 12.6. The number of phosphoric acid groups is 1. The van der Waals surface area contributed by atoms with Gasteiger partial charge in [-0.1, -0.05) is 126 Å². The summed E-state index contributed by atoms with van der Waals surface area (Å²) >= 11 is 0. The maximum Gasteiger partial charge on any atom is 0.472 e. The van der Waals surface area contributed by atoms with E-state index in [-0.39, 0.29) is 32.1 Å². The third-order valence-corrected chi connectivity index (χ3v) is 9.81. The van der Waals surface area contributed by atoms with E-state index in [2.05, 4.69) is 60.9 Å². The van der Waals surface area contributed by atoms with Gasteiger partial charge in [0.1, 0.15) is 12.7 Å². The molecule has 0 aliphatic heterocycles. The van der Waals surface area contributed by atoms with Gasteiger partial charge in [-0.3, -0.25) is 18.6 Å². The molecule has 0 spiro atoms. The lowest BCUT2D eigenvalue weighted by Crippen LogP contribution is -2.30. The molecule has 57 heavy (non-hydrogen) atoms. The summed E-state index contributed by atoms with van der Waals surface area (Å²) in [4.78, 5) is 35.0. The highest BCUT2D eigenvalue weighted by Crippen LogP contribution is 2.43. The predicted molar refractivity (Wildman–Crippen MR) is 226 cm³/mol. The van der Waals surface area contributed by atoms with Gasteiger partial charge in [0.2, 0.25) is 0 Å². The molecule has 5 atom stereocenters. The van der Waals surface area contributed by atoms with Crippen LogP contribution in [0.1, 0.15) is 155 Å². The number of allylic oxidation sites excluding steroid dienone is 9. The van der Waals surface area contributed by atoms with Crippen molar-refractivity contribution in [3.63, 3.8) is 0 Å². The zero-order chi connectivity index (χ0) is 42.2. The Labute approximate surface area is 343 Å². The second-order valence-corrected chi connectivity index (χ2v) is 15.7. The molecule has 5 N–H and O–H groups in total. The van der Waals surface area contributed by atoms with Crippen LogP contribution in [0.2, 0.25) is 0 Å². The van der Waals surface area contributed by atoms with Crippen molar-refractivity contribution in [2.45, 2.75) is 180 Å². The minimum Gasteiger partial charge on any atom is -0.462 e. The van der Waals surface area contributed by atoms with Gasteiger partial charge in [-0.25, -0.2) is 4.57 Å². The van der Waals surface area contributed by atoms with Gasteiger partial charge in [-0.15, -0.1) is 0 Å². The molecule has 12 nitrogen and oxygen atoms in total. The minimum absolute atomic E-state index is 0.128. The number of esters is 2. The van der Waals surface area contributed by atoms with Gasteiger partial charge in [-0.2, -0.15) is 0 Å². The fraction of sp³-hybridized carbons (Fsp3) is 0.727. The van der Waals surface area contributed by atoms with Gasteiger partial charge in [0.25, 0.3) is 0 Å². The number of aliphatic hydroxyl groups excluding tert-OH is 4. The van der Waals surface area contributed by atoms with Gasteiger partial charge in [0.15, 0.2) is 6.10 Å². The SMILES string of the molecule is CC/C=C\C/C=C\C/C=C\C/C=C\C[C@@H](O)[C@H](O)CCCC(=O)O[C@H](COC(=O)CCCCCCC/C=C\CCCCCCCC)COP(=O)(O)OC[C@@H](O)CO. The van der Waals surface area contributed by atoms with Crippen LogP contribution in [0.4, 0.5) is 0 Å². The predicted octanol–water partition coefficient (Wildman–Crippen LogP) is 9.05. The van der Waals surface area contributed by atoms with Crippen LogP contribution in [0.5, 0.6) is 0 Å². The standard InChI is InChI=1S/C44H77O12P/c1-3-5-7-9-11-13-15-17-18-19-21-23-25-27-29-33-43(49)53-37-40(38-55-57(51,52)54-36-39(46)35-45)56-44(50)34-30-32-42(48)41(47)31-28-26-24-22-20-16-14-12-10-8-6-4-2/h6,8,12,14,17-18,20,22,26,28,39-42,45-48H,3-5,7,9-11,13,15-16,19,21,23-25,27,29-38H2,1-2H3,(H,51,52)/b8-6-,14-12-,18-17-,22-20-,28-26-/t39-,40+,41+,42+/m0/s1. The Balaban J connectivity index is 4.58. The van der Waals surface area contributed by atoms with E-state index in [1.165, 1.54) is 38.5 Å². The molecular weight excluding hydrogens is 751 g/mol. The average molecular weight is 829 g/mol. The summed E-state index contributed by atoms with van der Waals surface area (Å²) in [6.45, 7) is 1.90. The molecule has 0 saturated heterocycles. The minimum atomic E-state index is -4.70. The summed E-state index contributed by atoms with van der Waals surface area (Å²) in [6, 6.07) is 0. The number of unbranched alkanes of at least 4 members (excludes halogenated alkanes) is 11. The summed E-state index contributed by atoms with van der Waals surface area (Å²) in [5.41, 5.74) is 0. The summed E-state index contributed by atoms with van der Waals surface area (Å²) in [5.74, 6) is -1.23. The Bertz CT molecular complexity index is 1170. The zero-order valence-corrected chi connectivity index (χ0v) is 35.9. The quantitative estimate of drug-likeness (QED) is 0.0171. The van der Waals surface area contributed by atoms with E-state index in [4.69, 9.17) is 19.1 Å². The number of hydrogen-bond donors (Lipinski definition) is 5. The van der Waals surface area contributed by atoms with Gasteiger partial charge < -0.3 is 34.8 Å². The molecule has 0 aromatic heterocycles. The van der Waals surface area contributed by atoms with Gasteiger partial charge in [0.05, 0.1) is 32.0 Å². The summed E-state index contributed by atoms with van der Waals surface area (Å²) in [6.07, 6.45) is 35.0.